The topological polar surface area (TPSA) is 135 Å². The van der Waals surface area contributed by atoms with Gasteiger partial charge in [0.05, 0.1) is 25.2 Å². The van der Waals surface area contributed by atoms with Crippen molar-refractivity contribution in [3.05, 3.63) is 95.1 Å². The van der Waals surface area contributed by atoms with Gasteiger partial charge in [0.15, 0.2) is 6.29 Å². The van der Waals surface area contributed by atoms with Crippen molar-refractivity contribution in [3.63, 3.8) is 0 Å². The van der Waals surface area contributed by atoms with Gasteiger partial charge in [0.25, 0.3) is 0 Å². The van der Waals surface area contributed by atoms with Crippen molar-refractivity contribution in [1.29, 1.82) is 0 Å². The van der Waals surface area contributed by atoms with Crippen LogP contribution in [0, 0.1) is 5.92 Å². The first-order valence-electron chi connectivity index (χ1n) is 17.1. The summed E-state index contributed by atoms with van der Waals surface area (Å²) in [6.07, 6.45) is 0.255. The molecule has 0 aliphatic carbocycles. The van der Waals surface area contributed by atoms with Gasteiger partial charge in [-0.3, -0.25) is 19.3 Å². The molecule has 0 spiro atoms. The molecule has 2 fully saturated rings. The number of benzene rings is 3. The molecule has 10 nitrogen and oxygen atoms in total. The van der Waals surface area contributed by atoms with E-state index in [0.717, 1.165) is 52.8 Å². The number of aliphatic carboxylic acids is 1. The quantitative estimate of drug-likeness (QED) is 0.200. The average Bonchev–Trinajstić information content (AvgIpc) is 3.55. The number of aliphatic hydroxyl groups is 1. The highest BCUT2D eigenvalue weighted by Crippen LogP contribution is 2.42. The molecule has 2 aliphatic rings. The van der Waals surface area contributed by atoms with Crippen LogP contribution >= 0.6 is 0 Å². The molecule has 2 saturated heterocycles. The second-order valence-electron chi connectivity index (χ2n) is 14.0. The molecule has 2 aliphatic heterocycles. The molecule has 3 N–H and O–H groups in total. The second kappa shape index (κ2) is 16.1. The van der Waals surface area contributed by atoms with E-state index in [1.807, 2.05) is 93.6 Å². The van der Waals surface area contributed by atoms with Crippen molar-refractivity contribution in [2.24, 2.45) is 5.92 Å². The van der Waals surface area contributed by atoms with Gasteiger partial charge < -0.3 is 29.7 Å². The van der Waals surface area contributed by atoms with E-state index in [4.69, 9.17) is 19.3 Å². The number of nitrogens with one attached hydrogen (secondary N) is 1. The minimum Gasteiger partial charge on any atom is -0.481 e. The molecule has 0 unspecified atom stereocenters. The lowest BCUT2D eigenvalue weighted by Crippen LogP contribution is -2.48. The molecular weight excluding hydrogens is 624 g/mol. The number of carbonyl (C=O) groups excluding carboxylic acids is 2. The highest BCUT2D eigenvalue weighted by atomic mass is 16.7. The van der Waals surface area contributed by atoms with Crippen molar-refractivity contribution >= 4 is 17.8 Å². The molecule has 2 heterocycles. The standard InChI is InChI=1S/C39H48N2O8/c1-25-33(23-41-20-6-9-32(41)37(46)49-39(2,3)4)47-38(48-36(25)29-12-10-26(24-42)11-13-29)30-16-14-28(15-17-30)31-8-5-7-27(21-31)22-40-34(43)18-19-35(44)45/h5,7-8,10-17,21,25,32-33,36,38,42H,6,9,18-20,22-24H2,1-4H3,(H,40,43)(H,44,45)/t25-,32+,33+,36+,38+/m1/s1. The molecule has 0 bridgehead atoms. The van der Waals surface area contributed by atoms with Gasteiger partial charge in [-0.2, -0.15) is 0 Å². The van der Waals surface area contributed by atoms with Gasteiger partial charge in [0.1, 0.15) is 11.6 Å². The zero-order chi connectivity index (χ0) is 35.1. The third-order valence-electron chi connectivity index (χ3n) is 9.08. The van der Waals surface area contributed by atoms with Crippen LogP contribution in [0.1, 0.15) is 88.0 Å². The van der Waals surface area contributed by atoms with Crippen LogP contribution in [0.2, 0.25) is 0 Å². The number of likely N-dealkylation sites (tertiary alicyclic amines) is 1. The second-order valence-corrected chi connectivity index (χ2v) is 14.0. The van der Waals surface area contributed by atoms with Crippen molar-refractivity contribution in [3.8, 4) is 11.1 Å². The van der Waals surface area contributed by atoms with Crippen molar-refractivity contribution in [2.45, 2.75) is 96.7 Å². The van der Waals surface area contributed by atoms with E-state index in [9.17, 15) is 19.5 Å². The third kappa shape index (κ3) is 9.76. The van der Waals surface area contributed by atoms with E-state index >= 15 is 0 Å². The van der Waals surface area contributed by atoms with Gasteiger partial charge in [-0.25, -0.2) is 0 Å². The normalized spacial score (nSPS) is 22.8. The van der Waals surface area contributed by atoms with Gasteiger partial charge in [-0.05, 0) is 74.0 Å². The number of amides is 1. The van der Waals surface area contributed by atoms with Crippen LogP contribution in [-0.2, 0) is 41.7 Å². The highest BCUT2D eigenvalue weighted by Gasteiger charge is 2.42. The third-order valence-corrected chi connectivity index (χ3v) is 9.08. The van der Waals surface area contributed by atoms with Crippen LogP contribution in [0.25, 0.3) is 11.1 Å². The maximum Gasteiger partial charge on any atom is 0.323 e. The zero-order valence-corrected chi connectivity index (χ0v) is 28.8. The van der Waals surface area contributed by atoms with Crippen LogP contribution in [0.4, 0.5) is 0 Å². The lowest BCUT2D eigenvalue weighted by molar-refractivity contribution is -0.276. The molecule has 49 heavy (non-hydrogen) atoms. The fourth-order valence-corrected chi connectivity index (χ4v) is 6.44. The summed E-state index contributed by atoms with van der Waals surface area (Å²) < 4.78 is 19.1. The first-order chi connectivity index (χ1) is 23.4. The summed E-state index contributed by atoms with van der Waals surface area (Å²) in [5, 5.41) is 21.2. The molecule has 0 radical (unpaired) electrons. The molecule has 0 aromatic heterocycles. The minimum atomic E-state index is -1.000. The Morgan fingerprint density at radius 2 is 1.63 bits per heavy atom. The number of carboxylic acids is 1. The molecule has 3 aromatic rings. The summed E-state index contributed by atoms with van der Waals surface area (Å²) in [5.74, 6) is -1.52. The molecular formula is C39H48N2O8. The number of hydrogen-bond acceptors (Lipinski definition) is 8. The predicted octanol–water partition coefficient (Wildman–Crippen LogP) is 5.92. The Morgan fingerprint density at radius 3 is 2.31 bits per heavy atom. The lowest BCUT2D eigenvalue weighted by atomic mass is 9.89. The summed E-state index contributed by atoms with van der Waals surface area (Å²) in [7, 11) is 0. The summed E-state index contributed by atoms with van der Waals surface area (Å²) in [6, 6.07) is 23.4. The smallest absolute Gasteiger partial charge is 0.323 e. The maximum absolute atomic E-state index is 13.1. The van der Waals surface area contributed by atoms with Crippen LogP contribution in [0.3, 0.4) is 0 Å². The Balaban J connectivity index is 1.33. The highest BCUT2D eigenvalue weighted by molar-refractivity contribution is 5.80. The molecule has 0 saturated carbocycles. The Morgan fingerprint density at radius 1 is 0.918 bits per heavy atom. The van der Waals surface area contributed by atoms with Crippen LogP contribution < -0.4 is 5.32 Å². The number of aliphatic hydroxyl groups excluding tert-OH is 1. The van der Waals surface area contributed by atoms with Crippen molar-refractivity contribution in [2.75, 3.05) is 13.1 Å². The lowest BCUT2D eigenvalue weighted by Gasteiger charge is -2.43. The number of hydrogen-bond donors (Lipinski definition) is 3. The summed E-state index contributed by atoms with van der Waals surface area (Å²) in [5.41, 5.74) is 5.00. The Bertz CT molecular complexity index is 1580. The minimum absolute atomic E-state index is 0.0252. The SMILES string of the molecule is C[C@@H]1[C@H](CN2CCC[C@H]2C(=O)OC(C)(C)C)O[C@H](c2ccc(-c3cccc(CNC(=O)CCC(=O)O)c3)cc2)O[C@@H]1c1ccc(CO)cc1. The Hall–Kier alpha value is -4.09. The summed E-state index contributed by atoms with van der Waals surface area (Å²) in [6.45, 7) is 9.41. The van der Waals surface area contributed by atoms with Crippen molar-refractivity contribution in [1.82, 2.24) is 10.2 Å². The fraction of sp³-hybridized carbons (Fsp3) is 0.462. The summed E-state index contributed by atoms with van der Waals surface area (Å²) >= 11 is 0. The largest absolute Gasteiger partial charge is 0.481 e. The first-order valence-corrected chi connectivity index (χ1v) is 17.1. The number of rotatable bonds is 12. The van der Waals surface area contributed by atoms with Gasteiger partial charge in [0, 0.05) is 31.0 Å². The molecule has 10 heteroatoms. The van der Waals surface area contributed by atoms with Gasteiger partial charge in [-0.1, -0.05) is 73.7 Å². The molecule has 1 amide bonds. The van der Waals surface area contributed by atoms with Gasteiger partial charge in [-0.15, -0.1) is 0 Å². The molecule has 3 aromatic carbocycles. The monoisotopic (exact) mass is 672 g/mol. The van der Waals surface area contributed by atoms with E-state index in [1.165, 1.54) is 0 Å². The summed E-state index contributed by atoms with van der Waals surface area (Å²) in [4.78, 5) is 38.1. The zero-order valence-electron chi connectivity index (χ0n) is 28.8. The van der Waals surface area contributed by atoms with E-state index in [2.05, 4.69) is 17.1 Å². The first kappa shape index (κ1) is 36.2. The number of ether oxygens (including phenoxy) is 3. The van der Waals surface area contributed by atoms with E-state index in [0.29, 0.717) is 13.1 Å². The number of esters is 1. The molecule has 262 valence electrons. The van der Waals surface area contributed by atoms with E-state index < -0.39 is 17.9 Å². The Labute approximate surface area is 288 Å². The van der Waals surface area contributed by atoms with Gasteiger partial charge in [0.2, 0.25) is 5.91 Å². The van der Waals surface area contributed by atoms with Crippen LogP contribution in [0.5, 0.6) is 0 Å². The predicted molar refractivity (Wildman–Crippen MR) is 184 cm³/mol. The van der Waals surface area contributed by atoms with E-state index in [-0.39, 0.29) is 55.5 Å². The van der Waals surface area contributed by atoms with Crippen LogP contribution in [-0.4, -0.2) is 63.8 Å². The maximum atomic E-state index is 13.1. The van der Waals surface area contributed by atoms with Gasteiger partial charge >= 0.3 is 11.9 Å². The van der Waals surface area contributed by atoms with E-state index in [1.54, 1.807) is 0 Å². The average molecular weight is 673 g/mol. The van der Waals surface area contributed by atoms with Crippen molar-refractivity contribution < 1.29 is 38.8 Å². The molecule has 5 atom stereocenters. The molecule has 5 rings (SSSR count). The number of carboxylic acid groups (broad SMARTS) is 1. The fourth-order valence-electron chi connectivity index (χ4n) is 6.44. The van der Waals surface area contributed by atoms with Crippen LogP contribution in [0.15, 0.2) is 72.8 Å². The number of nitrogens with zero attached hydrogens (tertiary/aromatic N) is 1. The number of carbonyl (C=O) groups is 3. The Kier molecular flexibility index (Phi) is 11.9.